The number of amides is 2. The molecule has 1 aromatic carbocycles. The molecule has 0 atom stereocenters. The van der Waals surface area contributed by atoms with Crippen LogP contribution < -0.4 is 15.8 Å². The first-order valence-corrected chi connectivity index (χ1v) is 7.14. The molecule has 0 unspecified atom stereocenters. The van der Waals surface area contributed by atoms with Crippen molar-refractivity contribution in [1.29, 1.82) is 0 Å². The van der Waals surface area contributed by atoms with E-state index < -0.39 is 11.6 Å². The number of nitrogens with zero attached hydrogens (tertiary/aromatic N) is 1. The molecule has 1 saturated heterocycles. The summed E-state index contributed by atoms with van der Waals surface area (Å²) in [4.78, 5) is 45.3. The van der Waals surface area contributed by atoms with E-state index in [2.05, 4.69) is 5.32 Å². The average Bonchev–Trinajstić information content (AvgIpc) is 2.84. The fraction of sp³-hybridized carbons (Fsp3) is 0.250. The lowest BCUT2D eigenvalue weighted by Crippen LogP contribution is -2.32. The van der Waals surface area contributed by atoms with Gasteiger partial charge in [0.1, 0.15) is 11.3 Å². The molecule has 2 aromatic rings. The van der Waals surface area contributed by atoms with E-state index in [1.165, 1.54) is 6.07 Å². The van der Waals surface area contributed by atoms with Crippen LogP contribution in [0, 0.1) is 0 Å². The lowest BCUT2D eigenvalue weighted by molar-refractivity contribution is -0.134. The van der Waals surface area contributed by atoms with Crippen LogP contribution in [-0.2, 0) is 14.4 Å². The molecule has 126 valence electrons. The first-order valence-electron chi connectivity index (χ1n) is 7.14. The van der Waals surface area contributed by atoms with Crippen molar-refractivity contribution in [3.05, 3.63) is 34.7 Å². The molecule has 2 amide bonds. The number of carbonyl (C=O) groups excluding carboxylic acids is 2. The van der Waals surface area contributed by atoms with Crippen LogP contribution in [0.5, 0.6) is 0 Å². The van der Waals surface area contributed by atoms with Crippen molar-refractivity contribution >= 4 is 40.1 Å². The molecular weight excluding hydrogens is 316 g/mol. The van der Waals surface area contributed by atoms with Crippen LogP contribution in [0.15, 0.2) is 33.5 Å². The molecule has 8 heteroatoms. The molecule has 0 spiro atoms. The number of nitrogens with one attached hydrogen (secondary N) is 1. The number of anilines is 2. The molecule has 2 heterocycles. The minimum absolute atomic E-state index is 0.0118. The third kappa shape index (κ3) is 3.60. The Labute approximate surface area is 136 Å². The van der Waals surface area contributed by atoms with Crippen molar-refractivity contribution in [2.75, 3.05) is 17.3 Å². The number of benzene rings is 1. The predicted octanol–water partition coefficient (Wildman–Crippen LogP) is 1.58. The van der Waals surface area contributed by atoms with Gasteiger partial charge in [-0.2, -0.15) is 0 Å². The van der Waals surface area contributed by atoms with Crippen LogP contribution in [0.3, 0.4) is 0 Å². The van der Waals surface area contributed by atoms with E-state index in [9.17, 15) is 14.4 Å². The highest BCUT2D eigenvalue weighted by atomic mass is 16.4. The summed E-state index contributed by atoms with van der Waals surface area (Å²) in [5, 5.41) is 11.0. The normalized spacial score (nSPS) is 13.7. The highest BCUT2D eigenvalue weighted by Gasteiger charge is 2.32. The summed E-state index contributed by atoms with van der Waals surface area (Å²) in [5.41, 5.74) is 0.517. The van der Waals surface area contributed by atoms with Gasteiger partial charge in [-0.1, -0.05) is 0 Å². The third-order valence-corrected chi connectivity index (χ3v) is 3.30. The molecule has 0 radical (unpaired) electrons. The van der Waals surface area contributed by atoms with Crippen molar-refractivity contribution in [2.24, 2.45) is 0 Å². The number of hydrogen-bond donors (Lipinski definition) is 2. The van der Waals surface area contributed by atoms with Gasteiger partial charge in [-0.25, -0.2) is 9.69 Å². The second-order valence-corrected chi connectivity index (χ2v) is 5.06. The lowest BCUT2D eigenvalue weighted by Gasteiger charge is -2.12. The van der Waals surface area contributed by atoms with E-state index in [4.69, 9.17) is 14.3 Å². The number of imide groups is 1. The van der Waals surface area contributed by atoms with Crippen molar-refractivity contribution in [1.82, 2.24) is 0 Å². The number of rotatable bonds is 2. The first kappa shape index (κ1) is 17.2. The zero-order valence-electron chi connectivity index (χ0n) is 13.2. The molecule has 8 nitrogen and oxygen atoms in total. The summed E-state index contributed by atoms with van der Waals surface area (Å²) in [5.74, 6) is -1.57. The molecule has 0 saturated carbocycles. The molecule has 1 fully saturated rings. The summed E-state index contributed by atoms with van der Waals surface area (Å²) in [6.07, 6.45) is 0.268. The molecule has 0 aliphatic carbocycles. The second kappa shape index (κ2) is 6.95. The predicted molar refractivity (Wildman–Crippen MR) is 87.1 cm³/mol. The maximum absolute atomic E-state index is 12.0. The van der Waals surface area contributed by atoms with Crippen molar-refractivity contribution in [3.8, 4) is 0 Å². The highest BCUT2D eigenvalue weighted by molar-refractivity contribution is 6.20. The van der Waals surface area contributed by atoms with Crippen LogP contribution >= 0.6 is 0 Å². The second-order valence-electron chi connectivity index (χ2n) is 5.06. The maximum atomic E-state index is 12.0. The Morgan fingerprint density at radius 1 is 1.17 bits per heavy atom. The molecule has 1 aromatic heterocycles. The number of carboxylic acids is 1. The number of aliphatic carboxylic acids is 1. The number of carbonyl (C=O) groups is 3. The van der Waals surface area contributed by atoms with Crippen LogP contribution in [0.4, 0.5) is 11.4 Å². The molecule has 1 aliphatic heterocycles. The van der Waals surface area contributed by atoms with E-state index in [0.29, 0.717) is 11.0 Å². The van der Waals surface area contributed by atoms with E-state index in [0.717, 1.165) is 17.5 Å². The summed E-state index contributed by atoms with van der Waals surface area (Å²) in [6, 6.07) is 6.79. The Kier molecular flexibility index (Phi) is 4.98. The zero-order valence-corrected chi connectivity index (χ0v) is 13.2. The lowest BCUT2D eigenvalue weighted by atomic mass is 10.2. The fourth-order valence-corrected chi connectivity index (χ4v) is 2.26. The van der Waals surface area contributed by atoms with Gasteiger partial charge >= 0.3 is 5.63 Å². The smallest absolute Gasteiger partial charge is 0.360 e. The van der Waals surface area contributed by atoms with E-state index in [1.807, 2.05) is 6.07 Å². The summed E-state index contributed by atoms with van der Waals surface area (Å²) < 4.78 is 5.20. The molecule has 0 bridgehead atoms. The largest absolute Gasteiger partial charge is 0.481 e. The molecular formula is C16H16N2O6. The minimum atomic E-state index is -0.833. The standard InChI is InChI=1S/C14H12N2O4.C2H4O2/c1-15-9-3-2-8-6-10(14(19)20-11(8)7-9)16-12(17)4-5-13(16)18;1-2(3)4/h2-3,6-7,15H,4-5H2,1H3;1H3,(H,3,4). The fourth-order valence-electron chi connectivity index (χ4n) is 2.26. The maximum Gasteiger partial charge on any atom is 0.360 e. The topological polar surface area (TPSA) is 117 Å². The first-order chi connectivity index (χ1) is 11.3. The van der Waals surface area contributed by atoms with Crippen LogP contribution in [0.2, 0.25) is 0 Å². The van der Waals surface area contributed by atoms with Gasteiger partial charge in [0, 0.05) is 44.0 Å². The third-order valence-electron chi connectivity index (χ3n) is 3.30. The minimum Gasteiger partial charge on any atom is -0.481 e. The van der Waals surface area contributed by atoms with Gasteiger partial charge in [-0.3, -0.25) is 14.4 Å². The van der Waals surface area contributed by atoms with Crippen LogP contribution in [0.25, 0.3) is 11.0 Å². The molecule has 1 aliphatic rings. The van der Waals surface area contributed by atoms with Gasteiger partial charge in [0.25, 0.3) is 5.97 Å². The monoisotopic (exact) mass is 332 g/mol. The molecule has 24 heavy (non-hydrogen) atoms. The molecule has 2 N–H and O–H groups in total. The van der Waals surface area contributed by atoms with Crippen molar-refractivity contribution < 1.29 is 23.9 Å². The van der Waals surface area contributed by atoms with Gasteiger partial charge < -0.3 is 14.8 Å². The highest BCUT2D eigenvalue weighted by Crippen LogP contribution is 2.24. The van der Waals surface area contributed by atoms with E-state index in [1.54, 1.807) is 19.2 Å². The van der Waals surface area contributed by atoms with Crippen LogP contribution in [-0.4, -0.2) is 29.9 Å². The SMILES string of the molecule is CC(=O)O.CNc1ccc2cc(N3C(=O)CCC3=O)c(=O)oc2c1. The van der Waals surface area contributed by atoms with Crippen LogP contribution in [0.1, 0.15) is 19.8 Å². The molecule has 3 rings (SSSR count). The summed E-state index contributed by atoms with van der Waals surface area (Å²) in [7, 11) is 1.76. The van der Waals surface area contributed by atoms with E-state index in [-0.39, 0.29) is 30.3 Å². The zero-order chi connectivity index (χ0) is 17.9. The Bertz CT molecular complexity index is 850. The summed E-state index contributed by atoms with van der Waals surface area (Å²) in [6.45, 7) is 1.08. The Morgan fingerprint density at radius 2 is 1.75 bits per heavy atom. The Balaban J connectivity index is 0.000000471. The van der Waals surface area contributed by atoms with Gasteiger partial charge in [0.05, 0.1) is 0 Å². The number of carboxylic acid groups (broad SMARTS) is 1. The quantitative estimate of drug-likeness (QED) is 0.633. The number of fused-ring (bicyclic) bond motifs is 1. The van der Waals surface area contributed by atoms with Crippen molar-refractivity contribution in [2.45, 2.75) is 19.8 Å². The number of hydrogen-bond acceptors (Lipinski definition) is 6. The van der Waals surface area contributed by atoms with Crippen molar-refractivity contribution in [3.63, 3.8) is 0 Å². The summed E-state index contributed by atoms with van der Waals surface area (Å²) >= 11 is 0. The van der Waals surface area contributed by atoms with Gasteiger partial charge in [0.15, 0.2) is 0 Å². The Morgan fingerprint density at radius 3 is 2.29 bits per heavy atom. The Hall–Kier alpha value is -3.16. The average molecular weight is 332 g/mol. The van der Waals surface area contributed by atoms with E-state index >= 15 is 0 Å². The van der Waals surface area contributed by atoms with Gasteiger partial charge in [0.2, 0.25) is 11.8 Å². The van der Waals surface area contributed by atoms with Gasteiger partial charge in [-0.05, 0) is 18.2 Å². The van der Waals surface area contributed by atoms with Gasteiger partial charge in [-0.15, -0.1) is 0 Å².